The molecule has 2 aromatic carbocycles. The first-order chi connectivity index (χ1) is 17.9. The molecule has 3 aromatic rings. The van der Waals surface area contributed by atoms with Crippen LogP contribution in [0.1, 0.15) is 34.8 Å². The van der Waals surface area contributed by atoms with Crippen LogP contribution in [0.4, 0.5) is 16.3 Å². The summed E-state index contributed by atoms with van der Waals surface area (Å²) in [6.45, 7) is 2.11. The van der Waals surface area contributed by atoms with Crippen molar-refractivity contribution in [2.75, 3.05) is 23.8 Å². The number of rotatable bonds is 11. The van der Waals surface area contributed by atoms with Gasteiger partial charge in [0.2, 0.25) is 5.91 Å². The Kier molecular flexibility index (Phi) is 10.2. The second kappa shape index (κ2) is 14.0. The number of nitrogens with one attached hydrogen (secondary N) is 4. The highest BCUT2D eigenvalue weighted by atomic mass is 16.5. The molecule has 0 atom stereocenters. The van der Waals surface area contributed by atoms with Crippen LogP contribution in [0.5, 0.6) is 0 Å². The first-order valence-electron chi connectivity index (χ1n) is 11.8. The molecule has 0 radical (unpaired) electrons. The molecule has 0 aliphatic carbocycles. The molecule has 4 N–H and O–H groups in total. The Morgan fingerprint density at radius 3 is 2.49 bits per heavy atom. The summed E-state index contributed by atoms with van der Waals surface area (Å²) in [6, 6.07) is 18.9. The summed E-state index contributed by atoms with van der Waals surface area (Å²) in [5.41, 5.74) is 2.35. The Balaban J connectivity index is 1.48. The number of carbonyl (C=O) groups excluding carboxylic acids is 4. The highest BCUT2D eigenvalue weighted by molar-refractivity contribution is 6.00. The molecule has 3 rings (SSSR count). The third-order valence-corrected chi connectivity index (χ3v) is 5.14. The van der Waals surface area contributed by atoms with Crippen molar-refractivity contribution in [1.29, 1.82) is 0 Å². The monoisotopic (exact) mass is 503 g/mol. The van der Waals surface area contributed by atoms with Gasteiger partial charge in [0.1, 0.15) is 5.82 Å². The third kappa shape index (κ3) is 9.10. The van der Waals surface area contributed by atoms with E-state index in [1.165, 1.54) is 12.3 Å². The van der Waals surface area contributed by atoms with Crippen molar-refractivity contribution in [1.82, 2.24) is 15.6 Å². The SMILES string of the molecule is CCOC(=O)CCc1cccnc1NC(=O)CNC(=O)c1cccc(NC(=O)NCc2ccccc2)c1. The van der Waals surface area contributed by atoms with E-state index >= 15 is 0 Å². The number of urea groups is 1. The zero-order chi connectivity index (χ0) is 26.5. The standard InChI is InChI=1S/C27H29N5O5/c1-2-37-24(34)14-13-20-11-7-15-28-25(20)32-23(33)18-29-26(35)21-10-6-12-22(16-21)31-27(36)30-17-19-8-4-3-5-9-19/h3-12,15-16H,2,13-14,17-18H2,1H3,(H,29,35)(H,28,32,33)(H2,30,31,36). The Bertz CT molecular complexity index is 1230. The summed E-state index contributed by atoms with van der Waals surface area (Å²) in [5.74, 6) is -0.967. The molecule has 0 bridgehead atoms. The van der Waals surface area contributed by atoms with Gasteiger partial charge in [0.05, 0.1) is 13.2 Å². The van der Waals surface area contributed by atoms with Crippen LogP contribution in [0.25, 0.3) is 0 Å². The molecule has 0 saturated carbocycles. The van der Waals surface area contributed by atoms with Crippen molar-refractivity contribution in [3.63, 3.8) is 0 Å². The number of carbonyl (C=O) groups is 4. The highest BCUT2D eigenvalue weighted by Gasteiger charge is 2.13. The molecule has 0 aliphatic rings. The lowest BCUT2D eigenvalue weighted by Gasteiger charge is -2.11. The number of ether oxygens (including phenoxy) is 1. The average Bonchev–Trinajstić information content (AvgIpc) is 2.91. The number of aromatic nitrogens is 1. The van der Waals surface area contributed by atoms with E-state index in [-0.39, 0.29) is 24.5 Å². The maximum Gasteiger partial charge on any atom is 0.319 e. The fourth-order valence-electron chi connectivity index (χ4n) is 3.35. The summed E-state index contributed by atoms with van der Waals surface area (Å²) < 4.78 is 4.93. The highest BCUT2D eigenvalue weighted by Crippen LogP contribution is 2.14. The van der Waals surface area contributed by atoms with Gasteiger partial charge in [-0.2, -0.15) is 0 Å². The fraction of sp³-hybridized carbons (Fsp3) is 0.222. The van der Waals surface area contributed by atoms with Crippen LogP contribution in [-0.4, -0.2) is 42.0 Å². The lowest BCUT2D eigenvalue weighted by molar-refractivity contribution is -0.143. The molecule has 4 amide bonds. The van der Waals surface area contributed by atoms with Gasteiger partial charge in [0, 0.05) is 30.4 Å². The molecule has 192 valence electrons. The number of aryl methyl sites for hydroxylation is 1. The van der Waals surface area contributed by atoms with Gasteiger partial charge in [-0.05, 0) is 48.7 Å². The normalized spacial score (nSPS) is 10.2. The first kappa shape index (κ1) is 26.9. The van der Waals surface area contributed by atoms with E-state index in [4.69, 9.17) is 4.74 Å². The minimum atomic E-state index is -0.480. The topological polar surface area (TPSA) is 139 Å². The summed E-state index contributed by atoms with van der Waals surface area (Å²) >= 11 is 0. The quantitative estimate of drug-likeness (QED) is 0.296. The van der Waals surface area contributed by atoms with E-state index in [2.05, 4.69) is 26.3 Å². The molecule has 37 heavy (non-hydrogen) atoms. The molecule has 10 heteroatoms. The van der Waals surface area contributed by atoms with Gasteiger partial charge >= 0.3 is 12.0 Å². The summed E-state index contributed by atoms with van der Waals surface area (Å²) in [7, 11) is 0. The van der Waals surface area contributed by atoms with E-state index in [1.54, 1.807) is 37.3 Å². The van der Waals surface area contributed by atoms with E-state index in [9.17, 15) is 19.2 Å². The van der Waals surface area contributed by atoms with Crippen molar-refractivity contribution >= 4 is 35.3 Å². The Morgan fingerprint density at radius 2 is 1.70 bits per heavy atom. The maximum atomic E-state index is 12.6. The maximum absolute atomic E-state index is 12.6. The van der Waals surface area contributed by atoms with Crippen molar-refractivity contribution in [2.24, 2.45) is 0 Å². The minimum absolute atomic E-state index is 0.161. The fourth-order valence-corrected chi connectivity index (χ4v) is 3.35. The van der Waals surface area contributed by atoms with Crippen molar-refractivity contribution < 1.29 is 23.9 Å². The van der Waals surface area contributed by atoms with Crippen LogP contribution in [0.15, 0.2) is 72.9 Å². The Hall–Kier alpha value is -4.73. The predicted octanol–water partition coefficient (Wildman–Crippen LogP) is 3.27. The number of pyridine rings is 1. The lowest BCUT2D eigenvalue weighted by atomic mass is 10.1. The largest absolute Gasteiger partial charge is 0.466 e. The molecular weight excluding hydrogens is 474 g/mol. The van der Waals surface area contributed by atoms with Gasteiger partial charge < -0.3 is 26.0 Å². The van der Waals surface area contributed by atoms with Crippen molar-refractivity contribution in [3.05, 3.63) is 89.6 Å². The Morgan fingerprint density at radius 1 is 0.892 bits per heavy atom. The number of esters is 1. The van der Waals surface area contributed by atoms with Gasteiger partial charge in [-0.25, -0.2) is 9.78 Å². The summed E-state index contributed by atoms with van der Waals surface area (Å²) in [5, 5.41) is 10.6. The number of nitrogens with zero attached hydrogens (tertiary/aromatic N) is 1. The second-order valence-electron chi connectivity index (χ2n) is 7.92. The predicted molar refractivity (Wildman–Crippen MR) is 139 cm³/mol. The van der Waals surface area contributed by atoms with Crippen LogP contribution in [0.2, 0.25) is 0 Å². The smallest absolute Gasteiger partial charge is 0.319 e. The number of hydrogen-bond donors (Lipinski definition) is 4. The van der Waals surface area contributed by atoms with E-state index in [0.717, 1.165) is 5.56 Å². The Labute approximate surface area is 214 Å². The van der Waals surface area contributed by atoms with Gasteiger partial charge in [-0.3, -0.25) is 14.4 Å². The van der Waals surface area contributed by atoms with Gasteiger partial charge in [0.25, 0.3) is 5.91 Å². The zero-order valence-electron chi connectivity index (χ0n) is 20.5. The van der Waals surface area contributed by atoms with Crippen LogP contribution in [-0.2, 0) is 27.3 Å². The minimum Gasteiger partial charge on any atom is -0.466 e. The molecule has 0 spiro atoms. The summed E-state index contributed by atoms with van der Waals surface area (Å²) in [6.07, 6.45) is 2.04. The zero-order valence-corrected chi connectivity index (χ0v) is 20.5. The lowest BCUT2D eigenvalue weighted by Crippen LogP contribution is -2.33. The molecule has 0 unspecified atom stereocenters. The number of amides is 4. The van der Waals surface area contributed by atoms with Crippen molar-refractivity contribution in [3.8, 4) is 0 Å². The third-order valence-electron chi connectivity index (χ3n) is 5.14. The molecule has 0 saturated heterocycles. The van der Waals surface area contributed by atoms with Gasteiger partial charge in [-0.1, -0.05) is 42.5 Å². The van der Waals surface area contributed by atoms with Gasteiger partial charge in [-0.15, -0.1) is 0 Å². The molecule has 1 aromatic heterocycles. The average molecular weight is 504 g/mol. The number of benzene rings is 2. The van der Waals surface area contributed by atoms with E-state index in [1.807, 2.05) is 30.3 Å². The second-order valence-corrected chi connectivity index (χ2v) is 7.92. The molecular formula is C27H29N5O5. The molecule has 10 nitrogen and oxygen atoms in total. The molecule has 0 fully saturated rings. The van der Waals surface area contributed by atoms with E-state index in [0.29, 0.717) is 36.6 Å². The number of anilines is 2. The summed E-state index contributed by atoms with van der Waals surface area (Å²) in [4.78, 5) is 53.0. The van der Waals surface area contributed by atoms with Crippen LogP contribution in [0.3, 0.4) is 0 Å². The number of hydrogen-bond acceptors (Lipinski definition) is 6. The first-order valence-corrected chi connectivity index (χ1v) is 11.8. The molecule has 0 aliphatic heterocycles. The van der Waals surface area contributed by atoms with Crippen LogP contribution >= 0.6 is 0 Å². The van der Waals surface area contributed by atoms with Crippen LogP contribution in [0, 0.1) is 0 Å². The molecule has 1 heterocycles. The van der Waals surface area contributed by atoms with E-state index < -0.39 is 17.8 Å². The van der Waals surface area contributed by atoms with Crippen molar-refractivity contribution in [2.45, 2.75) is 26.3 Å². The van der Waals surface area contributed by atoms with Crippen LogP contribution < -0.4 is 21.3 Å². The van der Waals surface area contributed by atoms with Gasteiger partial charge in [0.15, 0.2) is 0 Å².